The molecule has 2 aromatic rings. The molecule has 1 amide bonds. The van der Waals surface area contributed by atoms with E-state index >= 15 is 0 Å². The van der Waals surface area contributed by atoms with Gasteiger partial charge in [0.05, 0.1) is 12.1 Å². The average Bonchev–Trinajstić information content (AvgIpc) is 3.07. The van der Waals surface area contributed by atoms with Crippen molar-refractivity contribution in [2.24, 2.45) is 5.92 Å². The van der Waals surface area contributed by atoms with Crippen molar-refractivity contribution < 1.29 is 9.53 Å². The summed E-state index contributed by atoms with van der Waals surface area (Å²) in [4.78, 5) is 17.9. The Labute approximate surface area is 168 Å². The number of unbranched alkanes of at least 4 members (excludes halogenated alkanes) is 1. The third kappa shape index (κ3) is 3.77. The van der Waals surface area contributed by atoms with Crippen LogP contribution in [0.5, 0.6) is 5.88 Å². The number of nitrogens with zero attached hydrogens (tertiary/aromatic N) is 3. The highest BCUT2D eigenvalue weighted by molar-refractivity contribution is 6.09. The van der Waals surface area contributed by atoms with Crippen molar-refractivity contribution in [3.05, 3.63) is 29.8 Å². The van der Waals surface area contributed by atoms with Gasteiger partial charge in [-0.25, -0.2) is 0 Å². The zero-order chi connectivity index (χ0) is 19.5. The van der Waals surface area contributed by atoms with E-state index in [1.165, 1.54) is 45.3 Å². The normalized spacial score (nSPS) is 18.1. The van der Waals surface area contributed by atoms with Gasteiger partial charge >= 0.3 is 0 Å². The van der Waals surface area contributed by atoms with E-state index in [4.69, 9.17) is 4.74 Å². The summed E-state index contributed by atoms with van der Waals surface area (Å²) in [6.07, 6.45) is 5.91. The minimum Gasteiger partial charge on any atom is -0.478 e. The van der Waals surface area contributed by atoms with Gasteiger partial charge < -0.3 is 19.1 Å². The summed E-state index contributed by atoms with van der Waals surface area (Å²) in [6, 6.07) is 8.19. The van der Waals surface area contributed by atoms with Gasteiger partial charge in [0.25, 0.3) is 5.91 Å². The molecule has 2 aliphatic rings. The fourth-order valence-corrected chi connectivity index (χ4v) is 4.69. The maximum atomic E-state index is 13.4. The number of carbonyl (C=O) groups excluding carboxylic acids is 1. The molecule has 1 aromatic carbocycles. The van der Waals surface area contributed by atoms with E-state index in [9.17, 15) is 4.79 Å². The Balaban J connectivity index is 1.46. The highest BCUT2D eigenvalue weighted by Crippen LogP contribution is 2.35. The lowest BCUT2D eigenvalue weighted by molar-refractivity contribution is 0.0734. The molecule has 0 saturated carbocycles. The van der Waals surface area contributed by atoms with E-state index < -0.39 is 0 Å². The summed E-state index contributed by atoms with van der Waals surface area (Å²) in [5, 5.41) is 1.02. The summed E-state index contributed by atoms with van der Waals surface area (Å²) in [6.45, 7) is 8.25. The van der Waals surface area contributed by atoms with Crippen LogP contribution in [0.2, 0.25) is 0 Å². The Morgan fingerprint density at radius 3 is 2.79 bits per heavy atom. The second-order valence-electron chi connectivity index (χ2n) is 8.38. The van der Waals surface area contributed by atoms with Crippen LogP contribution in [0.1, 0.15) is 49.4 Å². The molecule has 0 unspecified atom stereocenters. The number of para-hydroxylation sites is 1. The Morgan fingerprint density at radius 1 is 1.21 bits per heavy atom. The first-order valence-corrected chi connectivity index (χ1v) is 10.9. The third-order valence-corrected chi connectivity index (χ3v) is 6.32. The molecule has 152 valence electrons. The number of amides is 1. The number of hydrogen-bond acceptors (Lipinski definition) is 3. The first-order valence-electron chi connectivity index (χ1n) is 10.9. The standard InChI is InChI=1S/C23H33N3O2/c1-3-4-12-25-14-10-18(11-15-25)17-24(2)22(27)21-19-8-5-6-9-20(19)26-13-7-16-28-23(21)26/h5-6,8-9,18H,3-4,7,10-17H2,1-2H3. The van der Waals surface area contributed by atoms with Crippen LogP contribution in [-0.4, -0.2) is 60.1 Å². The lowest BCUT2D eigenvalue weighted by Gasteiger charge is -2.34. The monoisotopic (exact) mass is 383 g/mol. The zero-order valence-corrected chi connectivity index (χ0v) is 17.3. The van der Waals surface area contributed by atoms with Crippen LogP contribution in [-0.2, 0) is 6.54 Å². The summed E-state index contributed by atoms with van der Waals surface area (Å²) in [5.41, 5.74) is 1.86. The van der Waals surface area contributed by atoms with E-state index in [0.29, 0.717) is 12.5 Å². The van der Waals surface area contributed by atoms with Crippen LogP contribution in [0.3, 0.4) is 0 Å². The third-order valence-electron chi connectivity index (χ3n) is 6.32. The molecule has 1 saturated heterocycles. The minimum atomic E-state index is 0.0975. The van der Waals surface area contributed by atoms with Crippen LogP contribution in [0.15, 0.2) is 24.3 Å². The number of aromatic nitrogens is 1. The molecule has 0 radical (unpaired) electrons. The molecular weight excluding hydrogens is 350 g/mol. The van der Waals surface area contributed by atoms with Crippen molar-refractivity contribution in [2.45, 2.75) is 45.6 Å². The summed E-state index contributed by atoms with van der Waals surface area (Å²) < 4.78 is 8.13. The molecule has 5 heteroatoms. The van der Waals surface area contributed by atoms with E-state index in [1.54, 1.807) is 0 Å². The molecule has 2 aliphatic heterocycles. The van der Waals surface area contributed by atoms with Crippen molar-refractivity contribution in [2.75, 3.05) is 39.8 Å². The predicted molar refractivity (Wildman–Crippen MR) is 113 cm³/mol. The largest absolute Gasteiger partial charge is 0.478 e. The number of carbonyl (C=O) groups is 1. The molecule has 4 rings (SSSR count). The van der Waals surface area contributed by atoms with Crippen LogP contribution < -0.4 is 4.74 Å². The van der Waals surface area contributed by atoms with Gasteiger partial charge in [0.15, 0.2) is 0 Å². The molecule has 0 bridgehead atoms. The lowest BCUT2D eigenvalue weighted by Crippen LogP contribution is -2.39. The summed E-state index contributed by atoms with van der Waals surface area (Å²) in [7, 11) is 1.95. The van der Waals surface area contributed by atoms with E-state index in [-0.39, 0.29) is 5.91 Å². The quantitative estimate of drug-likeness (QED) is 0.756. The molecule has 0 spiro atoms. The Morgan fingerprint density at radius 2 is 2.00 bits per heavy atom. The summed E-state index contributed by atoms with van der Waals surface area (Å²) >= 11 is 0. The van der Waals surface area contributed by atoms with Gasteiger partial charge in [0.1, 0.15) is 5.56 Å². The number of benzene rings is 1. The van der Waals surface area contributed by atoms with Crippen molar-refractivity contribution in [1.82, 2.24) is 14.4 Å². The van der Waals surface area contributed by atoms with Gasteiger partial charge in [0.2, 0.25) is 5.88 Å². The number of fused-ring (bicyclic) bond motifs is 3. The van der Waals surface area contributed by atoms with Gasteiger partial charge in [-0.05, 0) is 57.3 Å². The smallest absolute Gasteiger partial charge is 0.259 e. The van der Waals surface area contributed by atoms with Crippen LogP contribution in [0.4, 0.5) is 0 Å². The Kier molecular flexibility index (Phi) is 5.90. The second-order valence-corrected chi connectivity index (χ2v) is 8.38. The average molecular weight is 384 g/mol. The van der Waals surface area contributed by atoms with Crippen molar-refractivity contribution in [1.29, 1.82) is 0 Å². The number of ether oxygens (including phenoxy) is 1. The molecule has 28 heavy (non-hydrogen) atoms. The minimum absolute atomic E-state index is 0.0975. The maximum Gasteiger partial charge on any atom is 0.259 e. The topological polar surface area (TPSA) is 37.7 Å². The molecule has 1 fully saturated rings. The van der Waals surface area contributed by atoms with E-state index in [2.05, 4.69) is 28.5 Å². The number of hydrogen-bond donors (Lipinski definition) is 0. The number of aryl methyl sites for hydroxylation is 1. The number of rotatable bonds is 6. The maximum absolute atomic E-state index is 13.4. The Hall–Kier alpha value is -2.01. The van der Waals surface area contributed by atoms with Gasteiger partial charge in [-0.1, -0.05) is 31.5 Å². The van der Waals surface area contributed by atoms with Crippen LogP contribution in [0, 0.1) is 5.92 Å². The van der Waals surface area contributed by atoms with Crippen LogP contribution in [0.25, 0.3) is 10.9 Å². The van der Waals surface area contributed by atoms with Gasteiger partial charge in [-0.15, -0.1) is 0 Å². The first-order chi connectivity index (χ1) is 13.7. The molecule has 3 heterocycles. The lowest BCUT2D eigenvalue weighted by atomic mass is 9.96. The van der Waals surface area contributed by atoms with Crippen LogP contribution >= 0.6 is 0 Å². The molecule has 0 atom stereocenters. The van der Waals surface area contributed by atoms with Crippen molar-refractivity contribution >= 4 is 16.8 Å². The van der Waals surface area contributed by atoms with E-state index in [0.717, 1.165) is 41.9 Å². The molecule has 1 aromatic heterocycles. The molecule has 0 aliphatic carbocycles. The molecule has 5 nitrogen and oxygen atoms in total. The number of likely N-dealkylation sites (tertiary alicyclic amines) is 1. The predicted octanol–water partition coefficient (Wildman–Crippen LogP) is 4.01. The second kappa shape index (κ2) is 8.56. The number of piperidine rings is 1. The fourth-order valence-electron chi connectivity index (χ4n) is 4.69. The highest BCUT2D eigenvalue weighted by atomic mass is 16.5. The zero-order valence-electron chi connectivity index (χ0n) is 17.3. The van der Waals surface area contributed by atoms with Crippen molar-refractivity contribution in [3.63, 3.8) is 0 Å². The van der Waals surface area contributed by atoms with E-state index in [1.807, 2.05) is 24.1 Å². The first kappa shape index (κ1) is 19.3. The fraction of sp³-hybridized carbons (Fsp3) is 0.609. The van der Waals surface area contributed by atoms with Gasteiger partial charge in [-0.2, -0.15) is 0 Å². The SMILES string of the molecule is CCCCN1CCC(CN(C)C(=O)c2c3n(c4ccccc24)CCCO3)CC1. The molecule has 0 N–H and O–H groups in total. The molecular formula is C23H33N3O2. The van der Waals surface area contributed by atoms with Gasteiger partial charge in [-0.3, -0.25) is 4.79 Å². The summed E-state index contributed by atoms with van der Waals surface area (Å²) in [5.74, 6) is 1.45. The Bertz CT molecular complexity index is 821. The van der Waals surface area contributed by atoms with Crippen molar-refractivity contribution in [3.8, 4) is 5.88 Å². The highest BCUT2D eigenvalue weighted by Gasteiger charge is 2.29. The van der Waals surface area contributed by atoms with Gasteiger partial charge in [0, 0.05) is 25.5 Å².